The van der Waals surface area contributed by atoms with Crippen LogP contribution in [-0.2, 0) is 4.79 Å². The molecular formula is C12H7NO3. The number of carbonyl (C=O) groups excluding carboxylic acids is 1. The van der Waals surface area contributed by atoms with Gasteiger partial charge in [0, 0.05) is 5.39 Å². The number of hydrogen-bond donors (Lipinski definition) is 1. The first-order valence-corrected chi connectivity index (χ1v) is 4.57. The minimum atomic E-state index is -1.00. The van der Waals surface area contributed by atoms with Gasteiger partial charge in [-0.15, -0.1) is 0 Å². The van der Waals surface area contributed by atoms with Gasteiger partial charge in [-0.2, -0.15) is 4.99 Å². The molecule has 2 aromatic carbocycles. The van der Waals surface area contributed by atoms with Crippen LogP contribution in [0.3, 0.4) is 0 Å². The van der Waals surface area contributed by atoms with Crippen molar-refractivity contribution in [2.75, 3.05) is 0 Å². The van der Waals surface area contributed by atoms with Crippen molar-refractivity contribution < 1.29 is 14.7 Å². The van der Waals surface area contributed by atoms with Crippen molar-refractivity contribution in [1.82, 2.24) is 0 Å². The Morgan fingerprint density at radius 1 is 1.12 bits per heavy atom. The van der Waals surface area contributed by atoms with Gasteiger partial charge in [0.1, 0.15) is 0 Å². The Morgan fingerprint density at radius 2 is 1.81 bits per heavy atom. The number of carboxylic acids is 1. The topological polar surface area (TPSA) is 66.7 Å². The highest BCUT2D eigenvalue weighted by Crippen LogP contribution is 2.28. The average molecular weight is 213 g/mol. The van der Waals surface area contributed by atoms with Crippen LogP contribution in [0.4, 0.5) is 5.69 Å². The molecule has 0 aliphatic carbocycles. The van der Waals surface area contributed by atoms with Crippen LogP contribution in [0.15, 0.2) is 41.4 Å². The smallest absolute Gasteiger partial charge is 0.336 e. The molecule has 0 amide bonds. The zero-order valence-electron chi connectivity index (χ0n) is 8.18. The van der Waals surface area contributed by atoms with Gasteiger partial charge in [-0.05, 0) is 17.5 Å². The van der Waals surface area contributed by atoms with Crippen molar-refractivity contribution in [1.29, 1.82) is 0 Å². The zero-order valence-corrected chi connectivity index (χ0v) is 8.18. The molecular weight excluding hydrogens is 206 g/mol. The Balaban J connectivity index is 2.87. The highest BCUT2D eigenvalue weighted by Gasteiger charge is 2.10. The third-order valence-corrected chi connectivity index (χ3v) is 2.30. The molecule has 16 heavy (non-hydrogen) atoms. The summed E-state index contributed by atoms with van der Waals surface area (Å²) in [6.45, 7) is 0. The summed E-state index contributed by atoms with van der Waals surface area (Å²) in [5, 5.41) is 10.2. The largest absolute Gasteiger partial charge is 0.478 e. The molecule has 4 nitrogen and oxygen atoms in total. The van der Waals surface area contributed by atoms with Gasteiger partial charge < -0.3 is 5.11 Å². The summed E-state index contributed by atoms with van der Waals surface area (Å²) in [4.78, 5) is 24.7. The van der Waals surface area contributed by atoms with Crippen LogP contribution < -0.4 is 0 Å². The molecule has 1 N–H and O–H groups in total. The Bertz CT molecular complexity index is 572. The standard InChI is InChI=1S/C12H7NO3/c14-7-13-11-6-5-10(12(15)16)8-3-1-2-4-9(8)11/h1-6H,(H,15,16). The van der Waals surface area contributed by atoms with E-state index in [4.69, 9.17) is 5.11 Å². The maximum absolute atomic E-state index is 11.0. The Hall–Kier alpha value is -2.45. The highest BCUT2D eigenvalue weighted by molar-refractivity contribution is 6.07. The SMILES string of the molecule is O=C=Nc1ccc(C(=O)O)c2ccccc12. The number of carboxylic acid groups (broad SMARTS) is 1. The Kier molecular flexibility index (Phi) is 2.50. The molecule has 0 radical (unpaired) electrons. The highest BCUT2D eigenvalue weighted by atomic mass is 16.4. The van der Waals surface area contributed by atoms with Gasteiger partial charge in [0.15, 0.2) is 0 Å². The van der Waals surface area contributed by atoms with Gasteiger partial charge in [0.05, 0.1) is 11.3 Å². The van der Waals surface area contributed by atoms with E-state index in [0.29, 0.717) is 16.5 Å². The number of rotatable bonds is 2. The lowest BCUT2D eigenvalue weighted by atomic mass is 10.0. The summed E-state index contributed by atoms with van der Waals surface area (Å²) in [5.41, 5.74) is 0.621. The summed E-state index contributed by atoms with van der Waals surface area (Å²) < 4.78 is 0. The van der Waals surface area contributed by atoms with Crippen LogP contribution in [0.1, 0.15) is 10.4 Å². The number of aromatic carboxylic acids is 1. The zero-order chi connectivity index (χ0) is 11.5. The summed E-state index contributed by atoms with van der Waals surface area (Å²) >= 11 is 0. The van der Waals surface area contributed by atoms with Crippen LogP contribution in [0.5, 0.6) is 0 Å². The van der Waals surface area contributed by atoms with Crippen molar-refractivity contribution in [3.8, 4) is 0 Å². The molecule has 0 atom stereocenters. The van der Waals surface area contributed by atoms with Crippen molar-refractivity contribution in [2.45, 2.75) is 0 Å². The van der Waals surface area contributed by atoms with Gasteiger partial charge in [0.25, 0.3) is 0 Å². The fourth-order valence-corrected chi connectivity index (χ4v) is 1.62. The van der Waals surface area contributed by atoms with Crippen LogP contribution in [-0.4, -0.2) is 17.2 Å². The van der Waals surface area contributed by atoms with Gasteiger partial charge in [-0.1, -0.05) is 24.3 Å². The fourth-order valence-electron chi connectivity index (χ4n) is 1.62. The molecule has 0 bridgehead atoms. The van der Waals surface area contributed by atoms with Crippen molar-refractivity contribution in [3.05, 3.63) is 42.0 Å². The fraction of sp³-hybridized carbons (Fsp3) is 0. The number of benzene rings is 2. The van der Waals surface area contributed by atoms with Crippen LogP contribution >= 0.6 is 0 Å². The third kappa shape index (κ3) is 1.58. The summed E-state index contributed by atoms with van der Waals surface area (Å²) in [7, 11) is 0. The summed E-state index contributed by atoms with van der Waals surface area (Å²) in [5.74, 6) is -1.00. The van der Waals surface area contributed by atoms with Gasteiger partial charge in [-0.25, -0.2) is 9.59 Å². The molecule has 2 rings (SSSR count). The van der Waals surface area contributed by atoms with Crippen LogP contribution in [0.2, 0.25) is 0 Å². The van der Waals surface area contributed by atoms with Gasteiger partial charge in [0.2, 0.25) is 6.08 Å². The minimum absolute atomic E-state index is 0.195. The lowest BCUT2D eigenvalue weighted by molar-refractivity contribution is 0.0699. The number of carbonyl (C=O) groups is 1. The number of aliphatic imine (C=N–C) groups is 1. The first-order valence-electron chi connectivity index (χ1n) is 4.57. The van der Waals surface area contributed by atoms with Crippen molar-refractivity contribution >= 4 is 28.5 Å². The van der Waals surface area contributed by atoms with E-state index in [1.54, 1.807) is 24.3 Å². The normalized spacial score (nSPS) is 9.75. The second-order valence-corrected chi connectivity index (χ2v) is 3.19. The van der Waals surface area contributed by atoms with E-state index in [-0.39, 0.29) is 5.56 Å². The molecule has 0 saturated carbocycles. The van der Waals surface area contributed by atoms with Gasteiger partial charge >= 0.3 is 5.97 Å². The quantitative estimate of drug-likeness (QED) is 0.615. The Labute approximate surface area is 90.9 Å². The Morgan fingerprint density at radius 3 is 2.44 bits per heavy atom. The maximum atomic E-state index is 11.0. The van der Waals surface area contributed by atoms with E-state index in [9.17, 15) is 9.59 Å². The van der Waals surface area contributed by atoms with E-state index in [2.05, 4.69) is 4.99 Å². The van der Waals surface area contributed by atoms with E-state index in [0.717, 1.165) is 0 Å². The molecule has 0 heterocycles. The molecule has 0 aliphatic heterocycles. The number of nitrogens with zero attached hydrogens (tertiary/aromatic N) is 1. The maximum Gasteiger partial charge on any atom is 0.336 e. The number of hydrogen-bond acceptors (Lipinski definition) is 3. The molecule has 0 aliphatic rings. The van der Waals surface area contributed by atoms with Gasteiger partial charge in [-0.3, -0.25) is 0 Å². The molecule has 0 aromatic heterocycles. The predicted octanol–water partition coefficient (Wildman–Crippen LogP) is 2.51. The molecule has 4 heteroatoms. The molecule has 78 valence electrons. The predicted molar refractivity (Wildman–Crippen MR) is 58.7 cm³/mol. The molecule has 0 unspecified atom stereocenters. The molecule has 0 spiro atoms. The van der Waals surface area contributed by atoms with Crippen LogP contribution in [0, 0.1) is 0 Å². The number of isocyanates is 1. The number of fused-ring (bicyclic) bond motifs is 1. The first kappa shape index (κ1) is 10.1. The van der Waals surface area contributed by atoms with Crippen LogP contribution in [0.25, 0.3) is 10.8 Å². The first-order chi connectivity index (χ1) is 7.74. The van der Waals surface area contributed by atoms with E-state index < -0.39 is 5.97 Å². The molecule has 0 saturated heterocycles. The third-order valence-electron chi connectivity index (χ3n) is 2.30. The lowest BCUT2D eigenvalue weighted by Crippen LogP contribution is -1.96. The monoisotopic (exact) mass is 213 g/mol. The summed E-state index contributed by atoms with van der Waals surface area (Å²) in [6.07, 6.45) is 1.45. The summed E-state index contributed by atoms with van der Waals surface area (Å²) in [6, 6.07) is 9.83. The van der Waals surface area contributed by atoms with Crippen molar-refractivity contribution in [3.63, 3.8) is 0 Å². The van der Waals surface area contributed by atoms with E-state index in [1.807, 2.05) is 0 Å². The minimum Gasteiger partial charge on any atom is -0.478 e. The average Bonchev–Trinajstić information content (AvgIpc) is 2.29. The lowest BCUT2D eigenvalue weighted by Gasteiger charge is -2.03. The second kappa shape index (κ2) is 3.96. The van der Waals surface area contributed by atoms with Crippen molar-refractivity contribution in [2.24, 2.45) is 4.99 Å². The molecule has 0 fully saturated rings. The van der Waals surface area contributed by atoms with E-state index in [1.165, 1.54) is 18.2 Å². The van der Waals surface area contributed by atoms with E-state index >= 15 is 0 Å². The molecule has 2 aromatic rings. The second-order valence-electron chi connectivity index (χ2n) is 3.19.